The van der Waals surface area contributed by atoms with Gasteiger partial charge in [0.1, 0.15) is 0 Å². The highest BCUT2D eigenvalue weighted by Gasteiger charge is 2.17. The predicted octanol–water partition coefficient (Wildman–Crippen LogP) is 2.86. The van der Waals surface area contributed by atoms with Crippen LogP contribution in [0, 0.1) is 0 Å². The maximum Gasteiger partial charge on any atom is 0.371 e. The van der Waals surface area contributed by atoms with Crippen LogP contribution in [0.4, 0.5) is 0 Å². The van der Waals surface area contributed by atoms with E-state index in [4.69, 9.17) is 10.2 Å². The normalized spacial score (nSPS) is 16.2. The number of aliphatic hydroxyl groups is 1. The lowest BCUT2D eigenvalue weighted by molar-refractivity contribution is -0.135. The molecule has 0 saturated heterocycles. The SMILES string of the molecule is O=C(O)C(O)=CC(=O)c1sccc1[SH]1C=CC=C1. The van der Waals surface area contributed by atoms with Crippen LogP contribution in [0.25, 0.3) is 0 Å². The fraction of sp³-hybridized carbons (Fsp3) is 0. The summed E-state index contributed by atoms with van der Waals surface area (Å²) in [6.07, 6.45) is 4.58. The quantitative estimate of drug-likeness (QED) is 0.343. The summed E-state index contributed by atoms with van der Waals surface area (Å²) in [6, 6.07) is 1.86. The summed E-state index contributed by atoms with van der Waals surface area (Å²) < 4.78 is 0. The molecule has 0 spiro atoms. The molecule has 0 bridgehead atoms. The number of carboxylic acid groups (broad SMARTS) is 1. The van der Waals surface area contributed by atoms with E-state index in [1.54, 1.807) is 5.38 Å². The molecule has 0 fully saturated rings. The van der Waals surface area contributed by atoms with Crippen molar-refractivity contribution in [3.63, 3.8) is 0 Å². The number of thiol groups is 1. The molecule has 4 nitrogen and oxygen atoms in total. The van der Waals surface area contributed by atoms with Crippen molar-refractivity contribution in [3.8, 4) is 0 Å². The molecule has 2 heterocycles. The van der Waals surface area contributed by atoms with E-state index in [2.05, 4.69) is 0 Å². The van der Waals surface area contributed by atoms with Crippen molar-refractivity contribution in [1.29, 1.82) is 0 Å². The van der Waals surface area contributed by atoms with Crippen molar-refractivity contribution >= 4 is 34.0 Å². The number of hydrogen-bond acceptors (Lipinski definition) is 4. The Morgan fingerprint density at radius 2 is 1.89 bits per heavy atom. The van der Waals surface area contributed by atoms with Gasteiger partial charge >= 0.3 is 5.97 Å². The molecule has 1 aromatic heterocycles. The molecular formula is C12H10O4S2. The molecular weight excluding hydrogens is 272 g/mol. The van der Waals surface area contributed by atoms with Gasteiger partial charge in [0, 0.05) is 11.0 Å². The van der Waals surface area contributed by atoms with Crippen molar-refractivity contribution in [2.45, 2.75) is 4.90 Å². The molecule has 0 atom stereocenters. The van der Waals surface area contributed by atoms with Crippen molar-refractivity contribution in [1.82, 2.24) is 0 Å². The Kier molecular flexibility index (Phi) is 3.69. The van der Waals surface area contributed by atoms with Crippen LogP contribution in [0.15, 0.2) is 51.1 Å². The maximum absolute atomic E-state index is 11.9. The highest BCUT2D eigenvalue weighted by Crippen LogP contribution is 2.45. The Bertz CT molecular complexity index is 569. The summed E-state index contributed by atoms with van der Waals surface area (Å²) in [5, 5.41) is 23.4. The molecule has 0 aliphatic carbocycles. The number of aliphatic hydroxyl groups excluding tert-OH is 1. The lowest BCUT2D eigenvalue weighted by Crippen LogP contribution is -2.03. The van der Waals surface area contributed by atoms with Crippen LogP contribution in [0.1, 0.15) is 9.67 Å². The first-order valence-electron chi connectivity index (χ1n) is 4.98. The second kappa shape index (κ2) is 5.24. The van der Waals surface area contributed by atoms with Gasteiger partial charge in [-0.2, -0.15) is 10.9 Å². The molecule has 0 radical (unpaired) electrons. The summed E-state index contributed by atoms with van der Waals surface area (Å²) in [5.74, 6) is -2.92. The lowest BCUT2D eigenvalue weighted by atomic mass is 10.3. The molecule has 0 saturated carbocycles. The fourth-order valence-electron chi connectivity index (χ4n) is 1.44. The first-order valence-corrected chi connectivity index (χ1v) is 7.34. The monoisotopic (exact) mass is 282 g/mol. The van der Waals surface area contributed by atoms with Crippen LogP contribution in [0.5, 0.6) is 0 Å². The number of aliphatic carboxylic acids is 1. The Morgan fingerprint density at radius 1 is 1.22 bits per heavy atom. The summed E-state index contributed by atoms with van der Waals surface area (Å²) in [5.41, 5.74) is 0. The van der Waals surface area contributed by atoms with Crippen LogP contribution < -0.4 is 0 Å². The summed E-state index contributed by atoms with van der Waals surface area (Å²) in [7, 11) is -0.627. The minimum Gasteiger partial charge on any atom is -0.502 e. The smallest absolute Gasteiger partial charge is 0.371 e. The van der Waals surface area contributed by atoms with Crippen LogP contribution in [0.2, 0.25) is 0 Å². The van der Waals surface area contributed by atoms with Gasteiger partial charge in [0.15, 0.2) is 0 Å². The Morgan fingerprint density at radius 3 is 2.50 bits per heavy atom. The van der Waals surface area contributed by atoms with Gasteiger partial charge < -0.3 is 10.2 Å². The molecule has 0 unspecified atom stereocenters. The van der Waals surface area contributed by atoms with Gasteiger partial charge in [0.25, 0.3) is 0 Å². The predicted molar refractivity (Wildman–Crippen MR) is 72.5 cm³/mol. The minimum absolute atomic E-state index is 0.476. The zero-order valence-corrected chi connectivity index (χ0v) is 10.8. The number of carbonyl (C=O) groups excluding carboxylic acids is 1. The third-order valence-electron chi connectivity index (χ3n) is 2.24. The number of allylic oxidation sites excluding steroid dienone is 3. The average Bonchev–Trinajstić information content (AvgIpc) is 2.99. The maximum atomic E-state index is 11.9. The van der Waals surface area contributed by atoms with E-state index in [0.29, 0.717) is 4.88 Å². The highest BCUT2D eigenvalue weighted by molar-refractivity contribution is 8.22. The van der Waals surface area contributed by atoms with E-state index in [0.717, 1.165) is 11.0 Å². The zero-order chi connectivity index (χ0) is 13.1. The number of thiophene rings is 1. The molecule has 94 valence electrons. The number of hydrogen-bond donors (Lipinski definition) is 3. The van der Waals surface area contributed by atoms with Crippen molar-refractivity contribution in [2.75, 3.05) is 0 Å². The van der Waals surface area contributed by atoms with Gasteiger partial charge in [-0.25, -0.2) is 4.79 Å². The van der Waals surface area contributed by atoms with Gasteiger partial charge in [-0.3, -0.25) is 4.79 Å². The molecule has 1 aromatic rings. The Labute approximate surface area is 110 Å². The lowest BCUT2D eigenvalue weighted by Gasteiger charge is -2.09. The Hall–Kier alpha value is -1.79. The molecule has 18 heavy (non-hydrogen) atoms. The topological polar surface area (TPSA) is 74.6 Å². The van der Waals surface area contributed by atoms with E-state index in [9.17, 15) is 9.59 Å². The van der Waals surface area contributed by atoms with E-state index >= 15 is 0 Å². The summed E-state index contributed by atoms with van der Waals surface area (Å²) in [4.78, 5) is 23.7. The molecule has 1 aliphatic rings. The minimum atomic E-state index is -1.51. The van der Waals surface area contributed by atoms with Crippen LogP contribution in [0.3, 0.4) is 0 Å². The van der Waals surface area contributed by atoms with Gasteiger partial charge in [0.05, 0.1) is 4.88 Å². The largest absolute Gasteiger partial charge is 0.502 e. The van der Waals surface area contributed by atoms with Gasteiger partial charge in [-0.05, 0) is 22.3 Å². The standard InChI is InChI=1S/C12H10O4S2/c13-8(7-9(14)12(15)16)11-10(3-4-17-11)18-5-1-2-6-18/h1-7,14,18H,(H,15,16). The third kappa shape index (κ3) is 2.55. The summed E-state index contributed by atoms with van der Waals surface area (Å²) in [6.45, 7) is 0. The zero-order valence-electron chi connectivity index (χ0n) is 9.11. The molecule has 0 amide bonds. The molecule has 0 aromatic carbocycles. The van der Waals surface area contributed by atoms with Crippen LogP contribution in [-0.2, 0) is 4.79 Å². The molecule has 2 rings (SSSR count). The highest BCUT2D eigenvalue weighted by atomic mass is 32.2. The van der Waals surface area contributed by atoms with Crippen molar-refractivity contribution in [2.24, 2.45) is 0 Å². The van der Waals surface area contributed by atoms with E-state index in [1.165, 1.54) is 11.3 Å². The average molecular weight is 282 g/mol. The van der Waals surface area contributed by atoms with Gasteiger partial charge in [-0.15, -0.1) is 11.3 Å². The van der Waals surface area contributed by atoms with Crippen molar-refractivity contribution in [3.05, 3.63) is 51.1 Å². The number of ketones is 1. The van der Waals surface area contributed by atoms with Crippen molar-refractivity contribution < 1.29 is 19.8 Å². The van der Waals surface area contributed by atoms with E-state index in [1.807, 2.05) is 29.0 Å². The van der Waals surface area contributed by atoms with E-state index in [-0.39, 0.29) is 0 Å². The molecule has 1 aliphatic heterocycles. The number of rotatable bonds is 4. The van der Waals surface area contributed by atoms with Crippen LogP contribution in [-0.4, -0.2) is 22.0 Å². The first kappa shape index (κ1) is 12.7. The Balaban J connectivity index is 2.29. The second-order valence-electron chi connectivity index (χ2n) is 3.42. The second-order valence-corrected chi connectivity index (χ2v) is 6.23. The van der Waals surface area contributed by atoms with Crippen LogP contribution >= 0.6 is 22.2 Å². The number of carbonyl (C=O) groups is 2. The number of carboxylic acids is 1. The van der Waals surface area contributed by atoms with Gasteiger partial charge in [-0.1, -0.05) is 12.2 Å². The first-order chi connectivity index (χ1) is 8.59. The molecule has 6 heteroatoms. The van der Waals surface area contributed by atoms with Gasteiger partial charge in [0.2, 0.25) is 11.5 Å². The molecule has 2 N–H and O–H groups in total. The third-order valence-corrected chi connectivity index (χ3v) is 5.23. The summed E-state index contributed by atoms with van der Waals surface area (Å²) >= 11 is 1.25. The van der Waals surface area contributed by atoms with E-state index < -0.39 is 28.4 Å². The fourth-order valence-corrected chi connectivity index (χ4v) is 4.30.